The summed E-state index contributed by atoms with van der Waals surface area (Å²) in [6.45, 7) is 13.2. The van der Waals surface area contributed by atoms with Crippen molar-refractivity contribution in [3.05, 3.63) is 34.9 Å². The summed E-state index contributed by atoms with van der Waals surface area (Å²) in [5.74, 6) is 0. The van der Waals surface area contributed by atoms with Gasteiger partial charge < -0.3 is 5.32 Å². The van der Waals surface area contributed by atoms with Gasteiger partial charge >= 0.3 is 0 Å². The zero-order chi connectivity index (χ0) is 15.4. The Kier molecular flexibility index (Phi) is 5.17. The first-order valence-electron chi connectivity index (χ1n) is 7.85. The summed E-state index contributed by atoms with van der Waals surface area (Å²) in [4.78, 5) is 0. The van der Waals surface area contributed by atoms with E-state index in [4.69, 9.17) is 0 Å². The van der Waals surface area contributed by atoms with Crippen molar-refractivity contribution in [2.75, 3.05) is 0 Å². The summed E-state index contributed by atoms with van der Waals surface area (Å²) in [7, 11) is 0. The van der Waals surface area contributed by atoms with Crippen LogP contribution < -0.4 is 5.32 Å². The Morgan fingerprint density at radius 3 is 2.62 bits per heavy atom. The molecule has 0 aliphatic rings. The third-order valence-corrected chi connectivity index (χ3v) is 3.65. The predicted molar refractivity (Wildman–Crippen MR) is 85.3 cm³/mol. The molecule has 0 bridgehead atoms. The van der Waals surface area contributed by atoms with Gasteiger partial charge in [-0.3, -0.25) is 9.36 Å². The first-order valence-corrected chi connectivity index (χ1v) is 7.85. The van der Waals surface area contributed by atoms with Crippen molar-refractivity contribution in [1.82, 2.24) is 24.9 Å². The predicted octanol–water partition coefficient (Wildman–Crippen LogP) is 2.52. The van der Waals surface area contributed by atoms with Crippen molar-refractivity contribution in [3.8, 4) is 0 Å². The molecule has 2 rings (SSSR count). The molecule has 0 aliphatic carbocycles. The Morgan fingerprint density at radius 2 is 2.00 bits per heavy atom. The molecular formula is C16H27N5. The maximum Gasteiger partial charge on any atom is 0.0828 e. The Balaban J connectivity index is 2.12. The molecule has 0 fully saturated rings. The van der Waals surface area contributed by atoms with E-state index in [1.807, 2.05) is 4.68 Å². The average Bonchev–Trinajstić information content (AvgIpc) is 3.00. The van der Waals surface area contributed by atoms with E-state index in [-0.39, 0.29) is 0 Å². The molecule has 5 nitrogen and oxygen atoms in total. The number of nitrogens with zero attached hydrogens (tertiary/aromatic N) is 4. The molecule has 0 saturated carbocycles. The third-order valence-electron chi connectivity index (χ3n) is 3.65. The molecule has 116 valence electrons. The summed E-state index contributed by atoms with van der Waals surface area (Å²) < 4.78 is 4.09. The highest BCUT2D eigenvalue weighted by molar-refractivity contribution is 5.17. The molecule has 0 aliphatic heterocycles. The van der Waals surface area contributed by atoms with Crippen LogP contribution >= 0.6 is 0 Å². The van der Waals surface area contributed by atoms with Gasteiger partial charge in [0.25, 0.3) is 0 Å². The number of hydrogen-bond acceptors (Lipinski definition) is 3. The zero-order valence-corrected chi connectivity index (χ0v) is 13.8. The van der Waals surface area contributed by atoms with E-state index in [1.54, 1.807) is 0 Å². The van der Waals surface area contributed by atoms with Crippen LogP contribution in [0.4, 0.5) is 0 Å². The van der Waals surface area contributed by atoms with Gasteiger partial charge in [-0.2, -0.15) is 10.2 Å². The highest BCUT2D eigenvalue weighted by Gasteiger charge is 2.10. The van der Waals surface area contributed by atoms with Crippen molar-refractivity contribution in [2.24, 2.45) is 0 Å². The summed E-state index contributed by atoms with van der Waals surface area (Å²) in [5, 5.41) is 12.7. The van der Waals surface area contributed by atoms with Crippen LogP contribution in [0.3, 0.4) is 0 Å². The third kappa shape index (κ3) is 3.94. The molecule has 5 heteroatoms. The van der Waals surface area contributed by atoms with Crippen molar-refractivity contribution >= 4 is 0 Å². The summed E-state index contributed by atoms with van der Waals surface area (Å²) in [6.07, 6.45) is 3.12. The van der Waals surface area contributed by atoms with Crippen LogP contribution in [0.2, 0.25) is 0 Å². The van der Waals surface area contributed by atoms with Gasteiger partial charge in [0.05, 0.1) is 23.6 Å². The topological polar surface area (TPSA) is 47.7 Å². The Labute approximate surface area is 127 Å². The van der Waals surface area contributed by atoms with Crippen molar-refractivity contribution < 1.29 is 0 Å². The van der Waals surface area contributed by atoms with E-state index in [0.717, 1.165) is 37.4 Å². The second kappa shape index (κ2) is 6.89. The van der Waals surface area contributed by atoms with Crippen molar-refractivity contribution in [1.29, 1.82) is 0 Å². The molecule has 2 aromatic heterocycles. The fraction of sp³-hybridized carbons (Fsp3) is 0.625. The Morgan fingerprint density at radius 1 is 1.24 bits per heavy atom. The smallest absolute Gasteiger partial charge is 0.0828 e. The van der Waals surface area contributed by atoms with Crippen LogP contribution in [0.5, 0.6) is 0 Å². The summed E-state index contributed by atoms with van der Waals surface area (Å²) in [5.41, 5.74) is 4.74. The van der Waals surface area contributed by atoms with Crippen LogP contribution in [0.15, 0.2) is 12.3 Å². The van der Waals surface area contributed by atoms with Gasteiger partial charge in [0, 0.05) is 30.9 Å². The van der Waals surface area contributed by atoms with E-state index >= 15 is 0 Å². The molecule has 21 heavy (non-hydrogen) atoms. The summed E-state index contributed by atoms with van der Waals surface area (Å²) >= 11 is 0. The minimum Gasteiger partial charge on any atom is -0.310 e. The maximum absolute atomic E-state index is 4.63. The molecule has 0 amide bonds. The van der Waals surface area contributed by atoms with Gasteiger partial charge in [-0.15, -0.1) is 0 Å². The SMILES string of the molecule is CCc1cc(Cn2cc(CNC(C)C)c(C)n2)n(CC)n1. The van der Waals surface area contributed by atoms with Gasteiger partial charge in [0.15, 0.2) is 0 Å². The zero-order valence-electron chi connectivity index (χ0n) is 13.8. The molecule has 0 spiro atoms. The lowest BCUT2D eigenvalue weighted by Crippen LogP contribution is -2.21. The lowest BCUT2D eigenvalue weighted by atomic mass is 10.2. The van der Waals surface area contributed by atoms with Crippen molar-refractivity contribution in [2.45, 2.75) is 66.7 Å². The van der Waals surface area contributed by atoms with E-state index in [9.17, 15) is 0 Å². The number of rotatable bonds is 7. The Hall–Kier alpha value is -1.62. The molecular weight excluding hydrogens is 262 g/mol. The standard InChI is InChI=1S/C16H27N5/c1-6-15-8-16(21(7-2)19-15)11-20-10-14(13(5)18-20)9-17-12(3)4/h8,10,12,17H,6-7,9,11H2,1-5H3. The molecule has 0 atom stereocenters. The largest absolute Gasteiger partial charge is 0.310 e. The molecule has 0 radical (unpaired) electrons. The monoisotopic (exact) mass is 289 g/mol. The quantitative estimate of drug-likeness (QED) is 0.852. The van der Waals surface area contributed by atoms with E-state index < -0.39 is 0 Å². The van der Waals surface area contributed by atoms with E-state index in [2.05, 4.69) is 67.1 Å². The van der Waals surface area contributed by atoms with Gasteiger partial charge in [-0.25, -0.2) is 0 Å². The fourth-order valence-electron chi connectivity index (χ4n) is 2.38. The first kappa shape index (κ1) is 15.8. The van der Waals surface area contributed by atoms with E-state index in [1.165, 1.54) is 11.3 Å². The van der Waals surface area contributed by atoms with Gasteiger partial charge in [-0.1, -0.05) is 20.8 Å². The van der Waals surface area contributed by atoms with E-state index in [0.29, 0.717) is 6.04 Å². The molecule has 0 unspecified atom stereocenters. The molecule has 1 N–H and O–H groups in total. The molecule has 0 saturated heterocycles. The maximum atomic E-state index is 4.63. The lowest BCUT2D eigenvalue weighted by molar-refractivity contribution is 0.570. The van der Waals surface area contributed by atoms with Gasteiger partial charge in [-0.05, 0) is 26.3 Å². The van der Waals surface area contributed by atoms with Crippen LogP contribution in [-0.4, -0.2) is 25.6 Å². The van der Waals surface area contributed by atoms with Crippen molar-refractivity contribution in [3.63, 3.8) is 0 Å². The average molecular weight is 289 g/mol. The highest BCUT2D eigenvalue weighted by atomic mass is 15.3. The minimum absolute atomic E-state index is 0.487. The molecule has 0 aromatic carbocycles. The molecule has 2 heterocycles. The Bertz CT molecular complexity index is 580. The first-order chi connectivity index (χ1) is 10.0. The lowest BCUT2D eigenvalue weighted by Gasteiger charge is -2.06. The van der Waals surface area contributed by atoms with Crippen LogP contribution in [0, 0.1) is 6.92 Å². The number of aromatic nitrogens is 4. The van der Waals surface area contributed by atoms with Crippen LogP contribution in [0.25, 0.3) is 0 Å². The number of nitrogens with one attached hydrogen (secondary N) is 1. The molecule has 2 aromatic rings. The van der Waals surface area contributed by atoms with Gasteiger partial charge in [0.2, 0.25) is 0 Å². The number of hydrogen-bond donors (Lipinski definition) is 1. The second-order valence-corrected chi connectivity index (χ2v) is 5.77. The minimum atomic E-state index is 0.487. The van der Waals surface area contributed by atoms with Crippen LogP contribution in [-0.2, 0) is 26.1 Å². The second-order valence-electron chi connectivity index (χ2n) is 5.77. The highest BCUT2D eigenvalue weighted by Crippen LogP contribution is 2.11. The fourth-order valence-corrected chi connectivity index (χ4v) is 2.38. The normalized spacial score (nSPS) is 11.5. The number of aryl methyl sites for hydroxylation is 3. The van der Waals surface area contributed by atoms with Gasteiger partial charge in [0.1, 0.15) is 0 Å². The summed E-state index contributed by atoms with van der Waals surface area (Å²) in [6, 6.07) is 2.67. The van der Waals surface area contributed by atoms with Crippen LogP contribution in [0.1, 0.15) is 50.3 Å².